The third-order valence-electron chi connectivity index (χ3n) is 8.22. The summed E-state index contributed by atoms with van der Waals surface area (Å²) in [4.78, 5) is 37.0. The van der Waals surface area contributed by atoms with Crippen molar-refractivity contribution in [3.63, 3.8) is 0 Å². The van der Waals surface area contributed by atoms with Crippen molar-refractivity contribution < 1.29 is 45.8 Å². The van der Waals surface area contributed by atoms with Crippen molar-refractivity contribution in [1.82, 2.24) is 10.6 Å². The number of fused-ring (bicyclic) bond motifs is 2. The molecule has 0 saturated heterocycles. The van der Waals surface area contributed by atoms with Crippen molar-refractivity contribution in [1.29, 1.82) is 0 Å². The molecular weight excluding hydrogens is 627 g/mol. The average Bonchev–Trinajstić information content (AvgIpc) is 3.26. The van der Waals surface area contributed by atoms with Gasteiger partial charge < -0.3 is 25.8 Å². The van der Waals surface area contributed by atoms with Crippen LogP contribution < -0.4 is 16.0 Å². The van der Waals surface area contributed by atoms with Gasteiger partial charge >= 0.3 is 6.09 Å². The molecule has 2 fully saturated rings. The van der Waals surface area contributed by atoms with Crippen LogP contribution in [0.3, 0.4) is 0 Å². The quantitative estimate of drug-likeness (QED) is 0.295. The van der Waals surface area contributed by atoms with Crippen LogP contribution in [0.2, 0.25) is 5.02 Å². The number of sulfone groups is 1. The number of methoxy groups -OCH3 is 1. The van der Waals surface area contributed by atoms with Crippen LogP contribution in [0.15, 0.2) is 35.2 Å². The molecule has 2 unspecified atom stereocenters. The van der Waals surface area contributed by atoms with Gasteiger partial charge in [0.05, 0.1) is 27.9 Å². The molecule has 2 aliphatic rings. The maximum atomic E-state index is 13.9. The van der Waals surface area contributed by atoms with Crippen molar-refractivity contribution >= 4 is 45.0 Å². The van der Waals surface area contributed by atoms with E-state index in [0.717, 1.165) is 6.07 Å². The molecule has 4 rings (SSSR count). The lowest BCUT2D eigenvalue weighted by atomic mass is 9.77. The van der Waals surface area contributed by atoms with Crippen molar-refractivity contribution in [2.24, 2.45) is 17.8 Å². The molecule has 0 radical (unpaired) electrons. The Morgan fingerprint density at radius 3 is 2.20 bits per heavy atom. The number of carbonyl (C=O) groups is 3. The Kier molecular flexibility index (Phi) is 9.86. The van der Waals surface area contributed by atoms with Crippen molar-refractivity contribution in [2.75, 3.05) is 19.0 Å². The molecule has 3 amide bonds. The zero-order chi connectivity index (χ0) is 32.6. The zero-order valence-corrected chi connectivity index (χ0v) is 25.7. The number of nitrogens with one attached hydrogen (secondary N) is 3. The van der Waals surface area contributed by atoms with E-state index in [-0.39, 0.29) is 46.5 Å². The summed E-state index contributed by atoms with van der Waals surface area (Å²) in [5.41, 5.74) is -1.94. The van der Waals surface area contributed by atoms with Gasteiger partial charge in [0, 0.05) is 29.9 Å². The second-order valence-electron chi connectivity index (χ2n) is 11.7. The number of amides is 3. The van der Waals surface area contributed by atoms with E-state index >= 15 is 0 Å². The number of aliphatic hydroxyl groups is 1. The number of hydrogen-bond acceptors (Lipinski definition) is 7. The van der Waals surface area contributed by atoms with E-state index in [1.54, 1.807) is 13.8 Å². The summed E-state index contributed by atoms with van der Waals surface area (Å²) in [5, 5.41) is 17.7. The highest BCUT2D eigenvalue weighted by atomic mass is 35.5. The zero-order valence-electron chi connectivity index (χ0n) is 24.1. The Morgan fingerprint density at radius 1 is 1.07 bits per heavy atom. The fourth-order valence-electron chi connectivity index (χ4n) is 6.21. The van der Waals surface area contributed by atoms with E-state index in [1.807, 2.05) is 0 Å². The Bertz CT molecular complexity index is 1540. The van der Waals surface area contributed by atoms with Crippen molar-refractivity contribution in [3.05, 3.63) is 58.4 Å². The smallest absolute Gasteiger partial charge is 0.407 e. The normalized spacial score (nSPS) is 23.6. The first-order valence-corrected chi connectivity index (χ1v) is 15.8. The summed E-state index contributed by atoms with van der Waals surface area (Å²) in [6.07, 6.45) is 0.374. The third-order valence-corrected chi connectivity index (χ3v) is 11.1. The lowest BCUT2D eigenvalue weighted by molar-refractivity contribution is -0.126. The number of hydrogen-bond donors (Lipinski definition) is 4. The monoisotopic (exact) mass is 659 g/mol. The van der Waals surface area contributed by atoms with Gasteiger partial charge in [0.25, 0.3) is 5.91 Å². The number of carbonyl (C=O) groups excluding carboxylic acids is 3. The molecule has 2 aromatic carbocycles. The maximum Gasteiger partial charge on any atom is 0.407 e. The minimum absolute atomic E-state index is 0.0734. The second-order valence-corrected chi connectivity index (χ2v) is 14.1. The molecule has 2 aliphatic carbocycles. The van der Waals surface area contributed by atoms with E-state index in [4.69, 9.17) is 11.6 Å². The van der Waals surface area contributed by atoms with Crippen molar-refractivity contribution in [3.8, 4) is 0 Å². The van der Waals surface area contributed by atoms with Crippen LogP contribution in [0.1, 0.15) is 49.9 Å². The Hall–Kier alpha value is -3.36. The van der Waals surface area contributed by atoms with Crippen LogP contribution in [0, 0.1) is 35.2 Å². The molecular formula is C29H33ClF3N3O7S. The summed E-state index contributed by atoms with van der Waals surface area (Å²) < 4.78 is 72.9. The Labute approximate surface area is 257 Å². The van der Waals surface area contributed by atoms with Crippen LogP contribution in [-0.2, 0) is 19.4 Å². The van der Waals surface area contributed by atoms with E-state index in [2.05, 4.69) is 20.7 Å². The topological polar surface area (TPSA) is 151 Å². The highest BCUT2D eigenvalue weighted by Gasteiger charge is 2.54. The number of ether oxygens (including phenoxy) is 1. The van der Waals surface area contributed by atoms with Crippen molar-refractivity contribution in [2.45, 2.75) is 61.3 Å². The van der Waals surface area contributed by atoms with E-state index in [9.17, 15) is 41.1 Å². The number of rotatable bonds is 9. The van der Waals surface area contributed by atoms with Gasteiger partial charge in [0.15, 0.2) is 27.3 Å². The number of anilines is 1. The molecule has 0 aromatic heterocycles. The Balaban J connectivity index is 1.49. The average molecular weight is 660 g/mol. The molecule has 2 saturated carbocycles. The van der Waals surface area contributed by atoms with Gasteiger partial charge in [-0.25, -0.2) is 26.4 Å². The standard InChI is InChI=1S/C29H33ClF3N3O7S/c1-14(2)24(36-28(39)43-3)27(38)34-13-29(40)11-16-4-5-17(12-29)25(16)44(41,42)22-8-15(6-7-19(22)30)26(37)35-18-9-20(31)23(33)21(32)10-18/h6-10,14,16-17,24-25,40H,4-5,11-13H2,1-3H3,(H,34,38)(H,35,37)(H,36,39)/t16?,17?,24-,25-,29+/m0/s1. The lowest BCUT2D eigenvalue weighted by Crippen LogP contribution is -2.55. The maximum absolute atomic E-state index is 13.9. The first kappa shape index (κ1) is 33.5. The molecule has 2 aromatic rings. The largest absolute Gasteiger partial charge is 0.453 e. The van der Waals surface area contributed by atoms with E-state index < -0.39 is 73.9 Å². The lowest BCUT2D eigenvalue weighted by Gasteiger charge is -2.41. The minimum Gasteiger partial charge on any atom is -0.453 e. The molecule has 0 spiro atoms. The summed E-state index contributed by atoms with van der Waals surface area (Å²) >= 11 is 6.29. The van der Waals surface area contributed by atoms with Crippen LogP contribution in [-0.4, -0.2) is 62.0 Å². The number of halogens is 4. The molecule has 2 bridgehead atoms. The fourth-order valence-corrected chi connectivity index (χ4v) is 9.05. The molecule has 15 heteroatoms. The predicted octanol–water partition coefficient (Wildman–Crippen LogP) is 4.20. The molecule has 4 N–H and O–H groups in total. The summed E-state index contributed by atoms with van der Waals surface area (Å²) in [7, 11) is -2.97. The molecule has 0 heterocycles. The molecule has 240 valence electrons. The fraction of sp³-hybridized carbons (Fsp3) is 0.483. The SMILES string of the molecule is COC(=O)N[C@H](C(=O)NC[C@]1(O)CC2CCC(C1)[C@@H]2S(=O)(=O)c1cc(C(=O)Nc2cc(F)c(F)c(F)c2)ccc1Cl)C(C)C. The highest BCUT2D eigenvalue weighted by molar-refractivity contribution is 7.92. The van der Waals surface area contributed by atoms with Crippen LogP contribution in [0.25, 0.3) is 0 Å². The predicted molar refractivity (Wildman–Crippen MR) is 154 cm³/mol. The summed E-state index contributed by atoms with van der Waals surface area (Å²) in [5.74, 6) is -7.37. The highest BCUT2D eigenvalue weighted by Crippen LogP contribution is 2.51. The number of alkyl carbamates (subject to hydrolysis) is 1. The first-order valence-electron chi connectivity index (χ1n) is 13.9. The van der Waals surface area contributed by atoms with Gasteiger partial charge in [-0.05, 0) is 61.6 Å². The molecule has 44 heavy (non-hydrogen) atoms. The first-order chi connectivity index (χ1) is 20.6. The van der Waals surface area contributed by atoms with Crippen LogP contribution >= 0.6 is 11.6 Å². The van der Waals surface area contributed by atoms with Gasteiger partial charge in [-0.2, -0.15) is 0 Å². The summed E-state index contributed by atoms with van der Waals surface area (Å²) in [6.45, 7) is 3.31. The van der Waals surface area contributed by atoms with E-state index in [1.165, 1.54) is 19.2 Å². The second kappa shape index (κ2) is 12.9. The van der Waals surface area contributed by atoms with Crippen LogP contribution in [0.4, 0.5) is 23.7 Å². The van der Waals surface area contributed by atoms with E-state index in [0.29, 0.717) is 25.0 Å². The third kappa shape index (κ3) is 6.97. The molecule has 3 atom stereocenters. The van der Waals surface area contributed by atoms with Crippen LogP contribution in [0.5, 0.6) is 0 Å². The molecule has 10 nitrogen and oxygen atoms in total. The van der Waals surface area contributed by atoms with Gasteiger partial charge in [0.2, 0.25) is 5.91 Å². The molecule has 0 aliphatic heterocycles. The number of benzene rings is 2. The van der Waals surface area contributed by atoms with Gasteiger partial charge in [0.1, 0.15) is 6.04 Å². The Morgan fingerprint density at radius 2 is 1.66 bits per heavy atom. The van der Waals surface area contributed by atoms with Gasteiger partial charge in [-0.15, -0.1) is 0 Å². The summed E-state index contributed by atoms with van der Waals surface area (Å²) in [6, 6.07) is 3.80. The minimum atomic E-state index is -4.14. The van der Waals surface area contributed by atoms with Gasteiger partial charge in [-0.3, -0.25) is 9.59 Å². The van der Waals surface area contributed by atoms with Gasteiger partial charge in [-0.1, -0.05) is 25.4 Å².